The van der Waals surface area contributed by atoms with Crippen LogP contribution in [-0.2, 0) is 9.47 Å². The first-order chi connectivity index (χ1) is 13.7. The van der Waals surface area contributed by atoms with Crippen LogP contribution in [-0.4, -0.2) is 24.1 Å². The molecule has 0 saturated heterocycles. The third-order valence-corrected chi connectivity index (χ3v) is 5.51. The van der Waals surface area contributed by atoms with Gasteiger partial charge in [-0.3, -0.25) is 0 Å². The van der Waals surface area contributed by atoms with E-state index in [2.05, 4.69) is 20.8 Å². The first-order valence-corrected chi connectivity index (χ1v) is 11.7. The van der Waals surface area contributed by atoms with E-state index >= 15 is 0 Å². The molecule has 0 amide bonds. The number of rotatable bonds is 17. The molecule has 28 heavy (non-hydrogen) atoms. The molecule has 0 saturated carbocycles. The first-order valence-electron chi connectivity index (χ1n) is 11.7. The Kier molecular flexibility index (Phi) is 13.5. The minimum Gasteiger partial charge on any atom is -0.383 e. The van der Waals surface area contributed by atoms with E-state index in [1.165, 1.54) is 38.5 Å². The molecule has 1 N–H and O–H groups in total. The third-order valence-electron chi connectivity index (χ3n) is 5.51. The fraction of sp³-hybridized carbons (Fsp3) is 0.760. The van der Waals surface area contributed by atoms with Crippen LogP contribution in [0.25, 0.3) is 0 Å². The minimum atomic E-state index is -0.967. The van der Waals surface area contributed by atoms with Gasteiger partial charge in [-0.05, 0) is 31.7 Å². The Hall–Kier alpha value is -0.900. The van der Waals surface area contributed by atoms with E-state index in [1.54, 1.807) is 0 Å². The Morgan fingerprint density at radius 3 is 2.07 bits per heavy atom. The van der Waals surface area contributed by atoms with E-state index < -0.39 is 11.9 Å². The molecular formula is C25H44O3. The summed E-state index contributed by atoms with van der Waals surface area (Å²) in [4.78, 5) is 0. The highest BCUT2D eigenvalue weighted by Gasteiger charge is 2.47. The van der Waals surface area contributed by atoms with Crippen LogP contribution in [0.2, 0.25) is 0 Å². The van der Waals surface area contributed by atoms with Crippen molar-refractivity contribution in [3.8, 4) is 0 Å². The van der Waals surface area contributed by atoms with Gasteiger partial charge in [0.2, 0.25) is 5.79 Å². The molecule has 0 radical (unpaired) electrons. The van der Waals surface area contributed by atoms with E-state index in [1.807, 2.05) is 37.3 Å². The highest BCUT2D eigenvalue weighted by atomic mass is 16.7. The van der Waals surface area contributed by atoms with Crippen LogP contribution in [0.1, 0.15) is 104 Å². The van der Waals surface area contributed by atoms with Gasteiger partial charge in [-0.1, -0.05) is 96.0 Å². The number of hydrogen-bond acceptors (Lipinski definition) is 3. The summed E-state index contributed by atoms with van der Waals surface area (Å²) in [6.07, 6.45) is 10.9. The van der Waals surface area contributed by atoms with Crippen LogP contribution in [0.4, 0.5) is 0 Å². The Bertz CT molecular complexity index is 476. The Labute approximate surface area is 173 Å². The average molecular weight is 393 g/mol. The molecule has 0 aromatic heterocycles. The summed E-state index contributed by atoms with van der Waals surface area (Å²) in [7, 11) is 0. The monoisotopic (exact) mass is 392 g/mol. The molecule has 3 atom stereocenters. The van der Waals surface area contributed by atoms with Gasteiger partial charge in [0.25, 0.3) is 0 Å². The van der Waals surface area contributed by atoms with Crippen LogP contribution >= 0.6 is 0 Å². The molecular weight excluding hydrogens is 348 g/mol. The maximum atomic E-state index is 11.4. The van der Waals surface area contributed by atoms with Gasteiger partial charge < -0.3 is 14.6 Å². The van der Waals surface area contributed by atoms with Crippen molar-refractivity contribution in [2.24, 2.45) is 5.92 Å². The van der Waals surface area contributed by atoms with E-state index in [-0.39, 0.29) is 5.92 Å². The summed E-state index contributed by atoms with van der Waals surface area (Å²) in [5, 5.41) is 11.4. The lowest BCUT2D eigenvalue weighted by molar-refractivity contribution is -0.314. The molecule has 3 unspecified atom stereocenters. The molecule has 0 aliphatic heterocycles. The van der Waals surface area contributed by atoms with Crippen LogP contribution < -0.4 is 0 Å². The van der Waals surface area contributed by atoms with Gasteiger partial charge in [0.05, 0.1) is 0 Å². The van der Waals surface area contributed by atoms with Gasteiger partial charge in [0.15, 0.2) is 0 Å². The zero-order chi connectivity index (χ0) is 20.7. The zero-order valence-corrected chi connectivity index (χ0v) is 18.8. The highest BCUT2D eigenvalue weighted by molar-refractivity contribution is 5.20. The topological polar surface area (TPSA) is 38.7 Å². The smallest absolute Gasteiger partial charge is 0.201 e. The molecule has 1 aromatic carbocycles. The molecule has 0 aliphatic rings. The fourth-order valence-corrected chi connectivity index (χ4v) is 4.08. The number of aliphatic hydroxyl groups excluding tert-OH is 1. The Balaban J connectivity index is 3.01. The molecule has 3 nitrogen and oxygen atoms in total. The molecule has 0 fully saturated rings. The molecule has 3 heteroatoms. The van der Waals surface area contributed by atoms with E-state index in [0.29, 0.717) is 13.2 Å². The lowest BCUT2D eigenvalue weighted by Gasteiger charge is -2.44. The van der Waals surface area contributed by atoms with Crippen LogP contribution in [0.5, 0.6) is 0 Å². The zero-order valence-electron chi connectivity index (χ0n) is 18.8. The van der Waals surface area contributed by atoms with Crippen LogP contribution in [0.3, 0.4) is 0 Å². The molecule has 0 spiro atoms. The van der Waals surface area contributed by atoms with Gasteiger partial charge in [0.1, 0.15) is 6.10 Å². The quantitative estimate of drug-likeness (QED) is 0.228. The van der Waals surface area contributed by atoms with Gasteiger partial charge in [-0.15, -0.1) is 0 Å². The average Bonchev–Trinajstić information content (AvgIpc) is 2.73. The summed E-state index contributed by atoms with van der Waals surface area (Å²) < 4.78 is 12.7. The van der Waals surface area contributed by atoms with Crippen molar-refractivity contribution in [3.05, 3.63) is 35.9 Å². The van der Waals surface area contributed by atoms with Gasteiger partial charge in [0, 0.05) is 19.1 Å². The van der Waals surface area contributed by atoms with Gasteiger partial charge >= 0.3 is 0 Å². The maximum absolute atomic E-state index is 11.4. The summed E-state index contributed by atoms with van der Waals surface area (Å²) in [5.41, 5.74) is 0.871. The molecule has 1 aromatic rings. The number of ether oxygens (including phenoxy) is 2. The fourth-order valence-electron chi connectivity index (χ4n) is 4.08. The Morgan fingerprint density at radius 2 is 1.46 bits per heavy atom. The summed E-state index contributed by atoms with van der Waals surface area (Å²) >= 11 is 0. The number of hydrogen-bond donors (Lipinski definition) is 1. The summed E-state index contributed by atoms with van der Waals surface area (Å²) in [6, 6.07) is 9.86. The van der Waals surface area contributed by atoms with E-state index in [0.717, 1.165) is 31.2 Å². The van der Waals surface area contributed by atoms with Crippen molar-refractivity contribution in [1.82, 2.24) is 0 Å². The highest BCUT2D eigenvalue weighted by Crippen LogP contribution is 2.42. The van der Waals surface area contributed by atoms with Crippen LogP contribution in [0.15, 0.2) is 30.3 Å². The SMILES string of the molecule is CCCCCCCCC(CCC)C(OCC)(OCCC)C(O)c1ccccc1. The van der Waals surface area contributed by atoms with Crippen molar-refractivity contribution >= 4 is 0 Å². The maximum Gasteiger partial charge on any atom is 0.201 e. The lowest BCUT2D eigenvalue weighted by Crippen LogP contribution is -2.49. The van der Waals surface area contributed by atoms with Crippen LogP contribution in [0, 0.1) is 5.92 Å². The van der Waals surface area contributed by atoms with E-state index in [9.17, 15) is 5.11 Å². The predicted octanol–water partition coefficient (Wildman–Crippen LogP) is 7.05. The lowest BCUT2D eigenvalue weighted by atomic mass is 9.82. The van der Waals surface area contributed by atoms with Crippen molar-refractivity contribution in [1.29, 1.82) is 0 Å². The normalized spacial score (nSPS) is 15.9. The minimum absolute atomic E-state index is 0.186. The third kappa shape index (κ3) is 7.85. The van der Waals surface area contributed by atoms with Crippen molar-refractivity contribution in [2.45, 2.75) is 104 Å². The molecule has 0 bridgehead atoms. The second-order valence-corrected chi connectivity index (χ2v) is 7.86. The molecule has 1 rings (SSSR count). The van der Waals surface area contributed by atoms with E-state index in [4.69, 9.17) is 9.47 Å². The first kappa shape index (κ1) is 25.1. The predicted molar refractivity (Wildman–Crippen MR) is 118 cm³/mol. The van der Waals surface area contributed by atoms with Gasteiger partial charge in [-0.2, -0.15) is 0 Å². The molecule has 0 heterocycles. The summed E-state index contributed by atoms with van der Waals surface area (Å²) in [6.45, 7) is 9.69. The van der Waals surface area contributed by atoms with Crippen molar-refractivity contribution in [3.63, 3.8) is 0 Å². The number of benzene rings is 1. The molecule has 0 aliphatic carbocycles. The second kappa shape index (κ2) is 15.0. The molecule has 162 valence electrons. The Morgan fingerprint density at radius 1 is 0.786 bits per heavy atom. The van der Waals surface area contributed by atoms with Crippen molar-refractivity contribution < 1.29 is 14.6 Å². The number of aliphatic hydroxyl groups is 1. The number of unbranched alkanes of at least 4 members (excludes halogenated alkanes) is 5. The van der Waals surface area contributed by atoms with Gasteiger partial charge in [-0.25, -0.2) is 0 Å². The second-order valence-electron chi connectivity index (χ2n) is 7.86. The van der Waals surface area contributed by atoms with Crippen molar-refractivity contribution in [2.75, 3.05) is 13.2 Å². The standard InChI is InChI=1S/C25H44O3/c1-5-9-10-11-12-16-20-23(17-6-2)25(27-8-4,28-21-7-3)24(26)22-18-14-13-15-19-22/h13-15,18-19,23-24,26H,5-12,16-17,20-21H2,1-4H3. The summed E-state index contributed by atoms with van der Waals surface area (Å²) in [5.74, 6) is -0.781. The largest absolute Gasteiger partial charge is 0.383 e.